The van der Waals surface area contributed by atoms with Crippen molar-refractivity contribution >= 4 is 0 Å². The molecule has 16 heavy (non-hydrogen) atoms. The molecule has 1 aromatic carbocycles. The van der Waals surface area contributed by atoms with Gasteiger partial charge in [0.2, 0.25) is 0 Å². The average molecular weight is 215 g/mol. The molecule has 0 aromatic heterocycles. The second-order valence-corrected chi connectivity index (χ2v) is 4.22. The lowest BCUT2D eigenvalue weighted by atomic mass is 9.94. The van der Waals surface area contributed by atoms with Crippen LogP contribution in [0.4, 0.5) is 0 Å². The van der Waals surface area contributed by atoms with Crippen LogP contribution in [-0.4, -0.2) is 6.54 Å². The molecule has 0 aliphatic carbocycles. The van der Waals surface area contributed by atoms with Crippen molar-refractivity contribution in [2.24, 2.45) is 0 Å². The Bertz CT molecular complexity index is 353. The summed E-state index contributed by atoms with van der Waals surface area (Å²) in [6, 6.07) is 6.70. The van der Waals surface area contributed by atoms with Crippen molar-refractivity contribution in [3.8, 4) is 12.3 Å². The lowest BCUT2D eigenvalue weighted by Gasteiger charge is -2.21. The van der Waals surface area contributed by atoms with Gasteiger partial charge in [-0.2, -0.15) is 0 Å². The first-order valence-electron chi connectivity index (χ1n) is 5.93. The molecule has 0 fully saturated rings. The quantitative estimate of drug-likeness (QED) is 0.743. The molecule has 1 aromatic rings. The summed E-state index contributed by atoms with van der Waals surface area (Å²) in [5.41, 5.74) is 4.02. The van der Waals surface area contributed by atoms with Gasteiger partial charge in [0.05, 0.1) is 0 Å². The van der Waals surface area contributed by atoms with E-state index in [-0.39, 0.29) is 0 Å². The second kappa shape index (κ2) is 6.35. The first-order valence-corrected chi connectivity index (χ1v) is 5.93. The lowest BCUT2D eigenvalue weighted by molar-refractivity contribution is 0.538. The van der Waals surface area contributed by atoms with Crippen LogP contribution in [0.2, 0.25) is 0 Å². The van der Waals surface area contributed by atoms with Crippen molar-refractivity contribution in [1.82, 2.24) is 5.32 Å². The zero-order chi connectivity index (χ0) is 12.0. The van der Waals surface area contributed by atoms with Crippen molar-refractivity contribution < 1.29 is 0 Å². The van der Waals surface area contributed by atoms with Crippen LogP contribution >= 0.6 is 0 Å². The van der Waals surface area contributed by atoms with E-state index >= 15 is 0 Å². The van der Waals surface area contributed by atoms with E-state index in [9.17, 15) is 0 Å². The first kappa shape index (κ1) is 12.8. The van der Waals surface area contributed by atoms with E-state index in [0.717, 1.165) is 19.4 Å². The monoisotopic (exact) mass is 215 g/mol. The SMILES string of the molecule is C#CCC(NCCC)c1c(C)cccc1C. The molecule has 0 saturated heterocycles. The van der Waals surface area contributed by atoms with E-state index in [2.05, 4.69) is 50.2 Å². The summed E-state index contributed by atoms with van der Waals surface area (Å²) in [6.07, 6.45) is 7.34. The first-order chi connectivity index (χ1) is 7.70. The summed E-state index contributed by atoms with van der Waals surface area (Å²) in [5.74, 6) is 2.77. The maximum absolute atomic E-state index is 5.45. The molecule has 1 nitrogen and oxygen atoms in total. The maximum Gasteiger partial charge on any atom is 0.0436 e. The third-order valence-electron chi connectivity index (χ3n) is 2.85. The molecule has 0 aliphatic heterocycles. The van der Waals surface area contributed by atoms with Crippen molar-refractivity contribution in [3.05, 3.63) is 34.9 Å². The van der Waals surface area contributed by atoms with Crippen molar-refractivity contribution in [2.75, 3.05) is 6.54 Å². The minimum atomic E-state index is 0.297. The molecule has 1 atom stereocenters. The number of benzene rings is 1. The zero-order valence-electron chi connectivity index (χ0n) is 10.5. The highest BCUT2D eigenvalue weighted by Gasteiger charge is 2.13. The van der Waals surface area contributed by atoms with E-state index < -0.39 is 0 Å². The van der Waals surface area contributed by atoms with Gasteiger partial charge in [0.15, 0.2) is 0 Å². The van der Waals surface area contributed by atoms with Crippen LogP contribution in [0.3, 0.4) is 0 Å². The Morgan fingerprint density at radius 2 is 1.94 bits per heavy atom. The van der Waals surface area contributed by atoms with Gasteiger partial charge in [-0.25, -0.2) is 0 Å². The van der Waals surface area contributed by atoms with Gasteiger partial charge in [0.1, 0.15) is 0 Å². The van der Waals surface area contributed by atoms with Gasteiger partial charge in [-0.1, -0.05) is 25.1 Å². The maximum atomic E-state index is 5.45. The third kappa shape index (κ3) is 3.12. The predicted octanol–water partition coefficient (Wildman–Crippen LogP) is 3.37. The molecule has 86 valence electrons. The van der Waals surface area contributed by atoms with Crippen LogP contribution < -0.4 is 5.32 Å². The molecular weight excluding hydrogens is 194 g/mol. The Hall–Kier alpha value is -1.26. The van der Waals surface area contributed by atoms with Gasteiger partial charge in [-0.15, -0.1) is 12.3 Å². The molecule has 0 bridgehead atoms. The molecule has 0 saturated carbocycles. The topological polar surface area (TPSA) is 12.0 Å². The predicted molar refractivity (Wildman–Crippen MR) is 70.4 cm³/mol. The van der Waals surface area contributed by atoms with Crippen LogP contribution in [0.1, 0.15) is 42.5 Å². The van der Waals surface area contributed by atoms with Gasteiger partial charge in [-0.05, 0) is 43.5 Å². The van der Waals surface area contributed by atoms with Crippen molar-refractivity contribution in [1.29, 1.82) is 0 Å². The number of terminal acetylenes is 1. The van der Waals surface area contributed by atoms with Gasteiger partial charge < -0.3 is 5.32 Å². The van der Waals surface area contributed by atoms with Crippen molar-refractivity contribution in [3.63, 3.8) is 0 Å². The van der Waals surface area contributed by atoms with Gasteiger partial charge in [0, 0.05) is 12.5 Å². The van der Waals surface area contributed by atoms with Crippen LogP contribution in [0.15, 0.2) is 18.2 Å². The van der Waals surface area contributed by atoms with E-state index in [1.165, 1.54) is 16.7 Å². The lowest BCUT2D eigenvalue weighted by Crippen LogP contribution is -2.23. The highest BCUT2D eigenvalue weighted by Crippen LogP contribution is 2.24. The van der Waals surface area contributed by atoms with Gasteiger partial charge in [-0.3, -0.25) is 0 Å². The molecule has 1 heteroatoms. The number of hydrogen-bond donors (Lipinski definition) is 1. The summed E-state index contributed by atoms with van der Waals surface area (Å²) in [4.78, 5) is 0. The fourth-order valence-electron chi connectivity index (χ4n) is 2.09. The third-order valence-corrected chi connectivity index (χ3v) is 2.85. The minimum absolute atomic E-state index is 0.297. The molecule has 0 radical (unpaired) electrons. The van der Waals surface area contributed by atoms with Gasteiger partial charge in [0.25, 0.3) is 0 Å². The number of nitrogens with one attached hydrogen (secondary N) is 1. The molecule has 0 heterocycles. The highest BCUT2D eigenvalue weighted by atomic mass is 14.9. The van der Waals surface area contributed by atoms with E-state index in [1.54, 1.807) is 0 Å². The Labute approximate surface area is 99.3 Å². The van der Waals surface area contributed by atoms with Gasteiger partial charge >= 0.3 is 0 Å². The number of aryl methyl sites for hydroxylation is 2. The fraction of sp³-hybridized carbons (Fsp3) is 0.467. The number of hydrogen-bond acceptors (Lipinski definition) is 1. The van der Waals surface area contributed by atoms with Crippen molar-refractivity contribution in [2.45, 2.75) is 39.7 Å². The molecular formula is C15H21N. The molecule has 1 rings (SSSR count). The van der Waals surface area contributed by atoms with E-state index in [4.69, 9.17) is 6.42 Å². The minimum Gasteiger partial charge on any atom is -0.309 e. The standard InChI is InChI=1S/C15H21N/c1-5-8-14(16-11-6-2)15-12(3)9-7-10-13(15)4/h1,7,9-10,14,16H,6,8,11H2,2-4H3. The summed E-state index contributed by atoms with van der Waals surface area (Å²) in [6.45, 7) is 7.49. The average Bonchev–Trinajstić information content (AvgIpc) is 2.25. The Morgan fingerprint density at radius 1 is 1.31 bits per heavy atom. The Balaban J connectivity index is 2.96. The summed E-state index contributed by atoms with van der Waals surface area (Å²) in [5, 5.41) is 3.53. The smallest absolute Gasteiger partial charge is 0.0436 e. The van der Waals surface area contributed by atoms with Crippen LogP contribution in [0, 0.1) is 26.2 Å². The summed E-state index contributed by atoms with van der Waals surface area (Å²) < 4.78 is 0. The fourth-order valence-corrected chi connectivity index (χ4v) is 2.09. The van der Waals surface area contributed by atoms with Crippen LogP contribution in [0.25, 0.3) is 0 Å². The van der Waals surface area contributed by atoms with E-state index in [1.807, 2.05) is 0 Å². The summed E-state index contributed by atoms with van der Waals surface area (Å²) >= 11 is 0. The molecule has 1 N–H and O–H groups in total. The molecule has 0 amide bonds. The zero-order valence-corrected chi connectivity index (χ0v) is 10.5. The summed E-state index contributed by atoms with van der Waals surface area (Å²) in [7, 11) is 0. The van der Waals surface area contributed by atoms with Crippen LogP contribution in [0.5, 0.6) is 0 Å². The van der Waals surface area contributed by atoms with E-state index in [0.29, 0.717) is 6.04 Å². The molecule has 0 spiro atoms. The second-order valence-electron chi connectivity index (χ2n) is 4.22. The number of rotatable bonds is 5. The molecule has 1 unspecified atom stereocenters. The highest BCUT2D eigenvalue weighted by molar-refractivity contribution is 5.36. The molecule has 0 aliphatic rings. The van der Waals surface area contributed by atoms with Crippen LogP contribution in [-0.2, 0) is 0 Å². The Morgan fingerprint density at radius 3 is 2.44 bits per heavy atom. The largest absolute Gasteiger partial charge is 0.309 e. The Kier molecular flexibility index (Phi) is 5.08. The normalized spacial score (nSPS) is 12.1.